The molecular formula is C19H22N4S. The number of nitrogens with two attached hydrogens (primary N) is 1. The largest absolute Gasteiger partial charge is 0.330 e. The van der Waals surface area contributed by atoms with Crippen LogP contribution in [0.25, 0.3) is 0 Å². The van der Waals surface area contributed by atoms with E-state index in [4.69, 9.17) is 5.73 Å². The average Bonchev–Trinajstić information content (AvgIpc) is 3.14. The minimum Gasteiger partial charge on any atom is -0.330 e. The SMILES string of the molecule is NCC(Cc1ccccc1)c1cccc(CNSc2cn[nH]c2)c1. The molecule has 0 aliphatic carbocycles. The summed E-state index contributed by atoms with van der Waals surface area (Å²) in [4.78, 5) is 1.08. The zero-order valence-electron chi connectivity index (χ0n) is 13.5. The van der Waals surface area contributed by atoms with Crippen LogP contribution < -0.4 is 10.5 Å². The van der Waals surface area contributed by atoms with Crippen LogP contribution in [-0.4, -0.2) is 16.7 Å². The van der Waals surface area contributed by atoms with Gasteiger partial charge in [0.05, 0.1) is 11.1 Å². The molecule has 5 heteroatoms. The molecule has 0 amide bonds. The Kier molecular flexibility index (Phi) is 6.07. The van der Waals surface area contributed by atoms with Crippen LogP contribution in [0, 0.1) is 0 Å². The van der Waals surface area contributed by atoms with Crippen LogP contribution in [0.4, 0.5) is 0 Å². The minimum atomic E-state index is 0.342. The standard InChI is InChI=1S/C19H22N4S/c20-11-18(9-15-5-2-1-3-6-15)17-8-4-7-16(10-17)12-23-24-19-13-21-22-14-19/h1-8,10,13-14,18,23H,9,11-12,20H2,(H,21,22). The molecule has 1 aromatic heterocycles. The van der Waals surface area contributed by atoms with Gasteiger partial charge >= 0.3 is 0 Å². The molecule has 124 valence electrons. The smallest absolute Gasteiger partial charge is 0.0636 e. The molecule has 24 heavy (non-hydrogen) atoms. The quantitative estimate of drug-likeness (QED) is 0.550. The van der Waals surface area contributed by atoms with Gasteiger partial charge in [0.25, 0.3) is 0 Å². The van der Waals surface area contributed by atoms with Gasteiger partial charge in [0.2, 0.25) is 0 Å². The molecule has 3 aromatic rings. The van der Waals surface area contributed by atoms with Crippen LogP contribution in [0.1, 0.15) is 22.6 Å². The summed E-state index contributed by atoms with van der Waals surface area (Å²) in [5.74, 6) is 0.342. The first kappa shape index (κ1) is 16.8. The lowest BCUT2D eigenvalue weighted by atomic mass is 9.91. The van der Waals surface area contributed by atoms with Crippen LogP contribution in [0.3, 0.4) is 0 Å². The fourth-order valence-electron chi connectivity index (χ4n) is 2.69. The number of H-pyrrole nitrogens is 1. The van der Waals surface area contributed by atoms with Gasteiger partial charge < -0.3 is 5.73 Å². The van der Waals surface area contributed by atoms with Gasteiger partial charge in [-0.3, -0.25) is 9.82 Å². The van der Waals surface area contributed by atoms with Crippen LogP contribution in [0.2, 0.25) is 0 Å². The number of nitrogens with zero attached hydrogens (tertiary/aromatic N) is 1. The van der Waals surface area contributed by atoms with Crippen molar-refractivity contribution in [3.8, 4) is 0 Å². The highest BCUT2D eigenvalue weighted by atomic mass is 32.2. The molecule has 3 rings (SSSR count). The third kappa shape index (κ3) is 4.71. The molecule has 0 aliphatic rings. The lowest BCUT2D eigenvalue weighted by Gasteiger charge is -2.16. The number of rotatable bonds is 8. The van der Waals surface area contributed by atoms with E-state index < -0.39 is 0 Å². The third-order valence-electron chi connectivity index (χ3n) is 3.97. The van der Waals surface area contributed by atoms with E-state index in [-0.39, 0.29) is 0 Å². The van der Waals surface area contributed by atoms with Crippen molar-refractivity contribution in [3.05, 3.63) is 83.7 Å². The fraction of sp³-hybridized carbons (Fsp3) is 0.211. The first-order chi connectivity index (χ1) is 11.8. The zero-order valence-corrected chi connectivity index (χ0v) is 14.3. The monoisotopic (exact) mass is 338 g/mol. The Labute approximate surface area is 147 Å². The maximum atomic E-state index is 6.04. The van der Waals surface area contributed by atoms with E-state index in [9.17, 15) is 0 Å². The topological polar surface area (TPSA) is 66.7 Å². The summed E-state index contributed by atoms with van der Waals surface area (Å²) >= 11 is 1.58. The Balaban J connectivity index is 1.62. The Morgan fingerprint density at radius 2 is 1.92 bits per heavy atom. The summed E-state index contributed by atoms with van der Waals surface area (Å²) in [6.07, 6.45) is 4.65. The molecule has 0 bridgehead atoms. The number of aromatic nitrogens is 2. The van der Waals surface area contributed by atoms with Crippen molar-refractivity contribution in [3.63, 3.8) is 0 Å². The highest BCUT2D eigenvalue weighted by Gasteiger charge is 2.11. The minimum absolute atomic E-state index is 0.342. The molecule has 0 saturated carbocycles. The van der Waals surface area contributed by atoms with Crippen molar-refractivity contribution >= 4 is 11.9 Å². The Hall–Kier alpha value is -2.08. The van der Waals surface area contributed by atoms with E-state index in [0.29, 0.717) is 12.5 Å². The molecule has 2 aromatic carbocycles. The van der Waals surface area contributed by atoms with Crippen LogP contribution >= 0.6 is 11.9 Å². The number of aromatic amines is 1. The van der Waals surface area contributed by atoms with Gasteiger partial charge in [-0.05, 0) is 41.6 Å². The number of hydrogen-bond donors (Lipinski definition) is 3. The molecule has 0 fully saturated rings. The van der Waals surface area contributed by atoms with E-state index in [2.05, 4.69) is 63.5 Å². The molecule has 1 unspecified atom stereocenters. The summed E-state index contributed by atoms with van der Waals surface area (Å²) in [5, 5.41) is 6.74. The van der Waals surface area contributed by atoms with E-state index in [1.54, 1.807) is 18.1 Å². The second-order valence-corrected chi connectivity index (χ2v) is 6.69. The number of hydrogen-bond acceptors (Lipinski definition) is 4. The molecule has 1 heterocycles. The zero-order chi connectivity index (χ0) is 16.6. The first-order valence-corrected chi connectivity index (χ1v) is 8.88. The van der Waals surface area contributed by atoms with Crippen molar-refractivity contribution < 1.29 is 0 Å². The van der Waals surface area contributed by atoms with Crippen LogP contribution in [-0.2, 0) is 13.0 Å². The summed E-state index contributed by atoms with van der Waals surface area (Å²) in [7, 11) is 0. The Morgan fingerprint density at radius 1 is 1.08 bits per heavy atom. The van der Waals surface area contributed by atoms with Gasteiger partial charge in [0, 0.05) is 18.7 Å². The Morgan fingerprint density at radius 3 is 2.67 bits per heavy atom. The fourth-order valence-corrected chi connectivity index (χ4v) is 3.31. The van der Waals surface area contributed by atoms with Crippen molar-refractivity contribution in [2.75, 3.05) is 6.54 Å². The second-order valence-electron chi connectivity index (χ2n) is 5.72. The van der Waals surface area contributed by atoms with Crippen molar-refractivity contribution in [2.24, 2.45) is 5.73 Å². The predicted molar refractivity (Wildman–Crippen MR) is 99.7 cm³/mol. The van der Waals surface area contributed by atoms with Gasteiger partial charge in [-0.15, -0.1) is 0 Å². The van der Waals surface area contributed by atoms with Gasteiger partial charge in [-0.2, -0.15) is 5.10 Å². The van der Waals surface area contributed by atoms with E-state index >= 15 is 0 Å². The molecule has 0 aliphatic heterocycles. The van der Waals surface area contributed by atoms with Gasteiger partial charge in [0.1, 0.15) is 0 Å². The van der Waals surface area contributed by atoms with Gasteiger partial charge in [0.15, 0.2) is 0 Å². The van der Waals surface area contributed by atoms with Crippen molar-refractivity contribution in [1.82, 2.24) is 14.9 Å². The molecule has 0 radical (unpaired) electrons. The van der Waals surface area contributed by atoms with Gasteiger partial charge in [-0.1, -0.05) is 54.6 Å². The average molecular weight is 338 g/mol. The molecule has 1 atom stereocenters. The number of benzene rings is 2. The Bertz CT molecular complexity index is 728. The van der Waals surface area contributed by atoms with E-state index in [1.807, 2.05) is 12.3 Å². The van der Waals surface area contributed by atoms with Crippen LogP contribution in [0.15, 0.2) is 71.9 Å². The number of nitrogens with one attached hydrogen (secondary N) is 2. The predicted octanol–water partition coefficient (Wildman–Crippen LogP) is 3.49. The van der Waals surface area contributed by atoms with Crippen molar-refractivity contribution in [2.45, 2.75) is 23.8 Å². The van der Waals surface area contributed by atoms with Crippen molar-refractivity contribution in [1.29, 1.82) is 0 Å². The van der Waals surface area contributed by atoms with Crippen LogP contribution in [0.5, 0.6) is 0 Å². The molecular weight excluding hydrogens is 316 g/mol. The summed E-state index contributed by atoms with van der Waals surface area (Å²) in [6.45, 7) is 1.45. The molecule has 0 spiro atoms. The highest BCUT2D eigenvalue weighted by molar-refractivity contribution is 7.97. The maximum absolute atomic E-state index is 6.04. The lowest BCUT2D eigenvalue weighted by molar-refractivity contribution is 0.693. The molecule has 0 saturated heterocycles. The maximum Gasteiger partial charge on any atom is 0.0636 e. The lowest BCUT2D eigenvalue weighted by Crippen LogP contribution is -2.15. The van der Waals surface area contributed by atoms with E-state index in [0.717, 1.165) is 17.9 Å². The summed E-state index contributed by atoms with van der Waals surface area (Å²) in [6, 6.07) is 19.2. The van der Waals surface area contributed by atoms with E-state index in [1.165, 1.54) is 16.7 Å². The second kappa shape index (κ2) is 8.68. The highest BCUT2D eigenvalue weighted by Crippen LogP contribution is 2.21. The normalized spacial score (nSPS) is 12.2. The molecule has 4 nitrogen and oxygen atoms in total. The summed E-state index contributed by atoms with van der Waals surface area (Å²) < 4.78 is 3.36. The molecule has 4 N–H and O–H groups in total. The third-order valence-corrected chi connectivity index (χ3v) is 4.72. The first-order valence-electron chi connectivity index (χ1n) is 8.06. The van der Waals surface area contributed by atoms with Gasteiger partial charge in [-0.25, -0.2) is 0 Å². The summed E-state index contributed by atoms with van der Waals surface area (Å²) in [5.41, 5.74) is 9.92.